The molecule has 0 aliphatic rings. The average Bonchev–Trinajstić information content (AvgIpc) is 2.78. The minimum Gasteiger partial charge on any atom is -0.508 e. The molecule has 2 aromatic rings. The topological polar surface area (TPSA) is 95.1 Å². The van der Waals surface area contributed by atoms with E-state index in [-0.39, 0.29) is 10.6 Å². The van der Waals surface area contributed by atoms with Gasteiger partial charge in [0.05, 0.1) is 11.9 Å². The second-order valence-corrected chi connectivity index (χ2v) is 5.17. The molecule has 0 fully saturated rings. The molecule has 1 heterocycles. The van der Waals surface area contributed by atoms with E-state index >= 15 is 0 Å². The maximum atomic E-state index is 11.9. The Morgan fingerprint density at radius 3 is 2.82 bits per heavy atom. The lowest BCUT2D eigenvalue weighted by Crippen LogP contribution is -2.13. The van der Waals surface area contributed by atoms with Gasteiger partial charge >= 0.3 is 0 Å². The van der Waals surface area contributed by atoms with Crippen molar-refractivity contribution in [2.45, 2.75) is 11.8 Å². The fraction of sp³-hybridized carbons (Fsp3) is 0.100. The molecule has 0 saturated heterocycles. The lowest BCUT2D eigenvalue weighted by atomic mass is 10.2. The Morgan fingerprint density at radius 1 is 1.41 bits per heavy atom. The largest absolute Gasteiger partial charge is 0.508 e. The molecule has 17 heavy (non-hydrogen) atoms. The Kier molecular flexibility index (Phi) is 2.76. The van der Waals surface area contributed by atoms with Gasteiger partial charge in [-0.1, -0.05) is 6.07 Å². The van der Waals surface area contributed by atoms with Crippen LogP contribution in [0.3, 0.4) is 0 Å². The number of aromatic nitrogens is 2. The number of aromatic hydroxyl groups is 1. The highest BCUT2D eigenvalue weighted by Crippen LogP contribution is 2.25. The van der Waals surface area contributed by atoms with E-state index in [2.05, 4.69) is 14.9 Å². The number of hydrogen-bond acceptors (Lipinski definition) is 4. The molecule has 0 radical (unpaired) electrons. The van der Waals surface area contributed by atoms with Crippen LogP contribution in [0.25, 0.3) is 0 Å². The van der Waals surface area contributed by atoms with Crippen LogP contribution in [0.1, 0.15) is 5.56 Å². The molecule has 3 N–H and O–H groups in total. The molecule has 0 bridgehead atoms. The van der Waals surface area contributed by atoms with Crippen LogP contribution in [-0.4, -0.2) is 23.7 Å². The minimum absolute atomic E-state index is 0.0393. The molecule has 1 aromatic carbocycles. The maximum Gasteiger partial charge on any atom is 0.265 e. The van der Waals surface area contributed by atoms with E-state index in [0.29, 0.717) is 11.3 Å². The van der Waals surface area contributed by atoms with Crippen LogP contribution in [0.5, 0.6) is 5.75 Å². The summed E-state index contributed by atoms with van der Waals surface area (Å²) in [5, 5.41) is 15.5. The van der Waals surface area contributed by atoms with Gasteiger partial charge in [-0.05, 0) is 19.1 Å². The van der Waals surface area contributed by atoms with Gasteiger partial charge in [-0.25, -0.2) is 8.42 Å². The molecule has 6 nitrogen and oxygen atoms in total. The van der Waals surface area contributed by atoms with Gasteiger partial charge in [0.25, 0.3) is 10.0 Å². The fourth-order valence-electron chi connectivity index (χ4n) is 1.32. The van der Waals surface area contributed by atoms with E-state index < -0.39 is 10.0 Å². The zero-order valence-electron chi connectivity index (χ0n) is 9.01. The molecule has 90 valence electrons. The summed E-state index contributed by atoms with van der Waals surface area (Å²) >= 11 is 0. The van der Waals surface area contributed by atoms with E-state index in [0.717, 1.165) is 0 Å². The van der Waals surface area contributed by atoms with Gasteiger partial charge in [-0.15, -0.1) is 0 Å². The summed E-state index contributed by atoms with van der Waals surface area (Å²) in [5.41, 5.74) is 0.811. The van der Waals surface area contributed by atoms with Crippen molar-refractivity contribution in [1.29, 1.82) is 0 Å². The van der Waals surface area contributed by atoms with Crippen LogP contribution in [0.15, 0.2) is 35.5 Å². The van der Waals surface area contributed by atoms with Crippen LogP contribution < -0.4 is 4.72 Å². The molecule has 0 atom stereocenters. The van der Waals surface area contributed by atoms with Crippen molar-refractivity contribution in [3.05, 3.63) is 36.2 Å². The number of rotatable bonds is 3. The second-order valence-electron chi connectivity index (χ2n) is 3.49. The van der Waals surface area contributed by atoms with Gasteiger partial charge in [0.15, 0.2) is 0 Å². The van der Waals surface area contributed by atoms with Crippen molar-refractivity contribution >= 4 is 15.7 Å². The number of phenols is 1. The van der Waals surface area contributed by atoms with Crippen molar-refractivity contribution in [2.75, 3.05) is 4.72 Å². The highest BCUT2D eigenvalue weighted by Gasteiger charge is 2.16. The Labute approximate surface area is 98.4 Å². The summed E-state index contributed by atoms with van der Waals surface area (Å²) in [6.07, 6.45) is 2.49. The third kappa shape index (κ3) is 2.23. The number of hydrogen-bond donors (Lipinski definition) is 3. The highest BCUT2D eigenvalue weighted by molar-refractivity contribution is 7.92. The van der Waals surface area contributed by atoms with E-state index in [9.17, 15) is 13.5 Å². The quantitative estimate of drug-likeness (QED) is 0.766. The molecule has 7 heteroatoms. The van der Waals surface area contributed by atoms with Crippen LogP contribution in [-0.2, 0) is 10.0 Å². The molecule has 1 aromatic heterocycles. The van der Waals surface area contributed by atoms with Gasteiger partial charge < -0.3 is 5.11 Å². The minimum atomic E-state index is -3.66. The summed E-state index contributed by atoms with van der Waals surface area (Å²) in [4.78, 5) is 0.0419. The van der Waals surface area contributed by atoms with Gasteiger partial charge in [0.1, 0.15) is 10.6 Å². The Balaban J connectivity index is 2.37. The molecule has 0 saturated carbocycles. The molecular formula is C10H11N3O3S. The van der Waals surface area contributed by atoms with Gasteiger partial charge in [-0.2, -0.15) is 5.10 Å². The van der Waals surface area contributed by atoms with Gasteiger partial charge in [0.2, 0.25) is 0 Å². The monoisotopic (exact) mass is 253 g/mol. The first kappa shape index (κ1) is 11.5. The van der Waals surface area contributed by atoms with Gasteiger partial charge in [-0.3, -0.25) is 9.82 Å². The zero-order valence-corrected chi connectivity index (χ0v) is 9.82. The molecule has 0 spiro atoms. The SMILES string of the molecule is Cc1c(O)cccc1NS(=O)(=O)c1cn[nH]c1. The van der Waals surface area contributed by atoms with Gasteiger partial charge in [0, 0.05) is 11.8 Å². The summed E-state index contributed by atoms with van der Waals surface area (Å²) in [5.74, 6) is 0.0393. The van der Waals surface area contributed by atoms with Crippen molar-refractivity contribution in [1.82, 2.24) is 10.2 Å². The highest BCUT2D eigenvalue weighted by atomic mass is 32.2. The zero-order chi connectivity index (χ0) is 12.5. The van der Waals surface area contributed by atoms with E-state index in [4.69, 9.17) is 0 Å². The summed E-state index contributed by atoms with van der Waals surface area (Å²) in [6, 6.07) is 4.63. The van der Waals surface area contributed by atoms with Crippen LogP contribution >= 0.6 is 0 Å². The lowest BCUT2D eigenvalue weighted by molar-refractivity contribution is 0.471. The molecule has 2 rings (SSSR count). The molecule has 0 aliphatic carbocycles. The standard InChI is InChI=1S/C10H11N3O3S/c1-7-9(3-2-4-10(7)14)13-17(15,16)8-5-11-12-6-8/h2-6,13-14H,1H3,(H,11,12). The number of anilines is 1. The predicted molar refractivity (Wildman–Crippen MR) is 62.2 cm³/mol. The first-order chi connectivity index (χ1) is 8.00. The summed E-state index contributed by atoms with van der Waals surface area (Å²) < 4.78 is 26.1. The van der Waals surface area contributed by atoms with E-state index in [1.165, 1.54) is 18.5 Å². The number of phenolic OH excluding ortho intramolecular Hbond substituents is 1. The Hall–Kier alpha value is -2.02. The Bertz CT molecular complexity index is 620. The smallest absolute Gasteiger partial charge is 0.265 e. The fourth-order valence-corrected chi connectivity index (χ4v) is 2.35. The van der Waals surface area contributed by atoms with Crippen molar-refractivity contribution in [3.63, 3.8) is 0 Å². The Morgan fingerprint density at radius 2 is 2.18 bits per heavy atom. The normalized spacial score (nSPS) is 11.4. The number of nitrogens with one attached hydrogen (secondary N) is 2. The number of benzene rings is 1. The van der Waals surface area contributed by atoms with E-state index in [1.54, 1.807) is 19.1 Å². The predicted octanol–water partition coefficient (Wildman–Crippen LogP) is 1.22. The summed E-state index contributed by atoms with van der Waals surface area (Å²) in [7, 11) is -3.66. The third-order valence-electron chi connectivity index (χ3n) is 2.33. The van der Waals surface area contributed by atoms with Crippen LogP contribution in [0.2, 0.25) is 0 Å². The molecule has 0 amide bonds. The first-order valence-corrected chi connectivity index (χ1v) is 6.29. The maximum absolute atomic E-state index is 11.9. The van der Waals surface area contributed by atoms with E-state index in [1.807, 2.05) is 0 Å². The average molecular weight is 253 g/mol. The molecular weight excluding hydrogens is 242 g/mol. The molecule has 0 unspecified atom stereocenters. The first-order valence-electron chi connectivity index (χ1n) is 4.81. The van der Waals surface area contributed by atoms with Crippen molar-refractivity contribution < 1.29 is 13.5 Å². The third-order valence-corrected chi connectivity index (χ3v) is 3.67. The number of nitrogens with zero attached hydrogens (tertiary/aromatic N) is 1. The number of sulfonamides is 1. The van der Waals surface area contributed by atoms with Crippen molar-refractivity contribution in [3.8, 4) is 5.75 Å². The van der Waals surface area contributed by atoms with Crippen LogP contribution in [0, 0.1) is 6.92 Å². The van der Waals surface area contributed by atoms with Crippen LogP contribution in [0.4, 0.5) is 5.69 Å². The number of H-pyrrole nitrogens is 1. The van der Waals surface area contributed by atoms with Crippen molar-refractivity contribution in [2.24, 2.45) is 0 Å². The molecule has 0 aliphatic heterocycles. The summed E-state index contributed by atoms with van der Waals surface area (Å²) in [6.45, 7) is 1.63. The lowest BCUT2D eigenvalue weighted by Gasteiger charge is -2.09. The second kappa shape index (κ2) is 4.10. The number of aromatic amines is 1.